The normalized spacial score (nSPS) is 16.7. The quantitative estimate of drug-likeness (QED) is 0.715. The summed E-state index contributed by atoms with van der Waals surface area (Å²) in [5.41, 5.74) is 1.31. The molecule has 1 saturated heterocycles. The Balaban J connectivity index is 1.40. The predicted molar refractivity (Wildman–Crippen MR) is 107 cm³/mol. The van der Waals surface area contributed by atoms with Crippen LogP contribution >= 0.6 is 11.3 Å². The molecule has 3 heterocycles. The van der Waals surface area contributed by atoms with Gasteiger partial charge in [0.2, 0.25) is 0 Å². The number of carbonyl (C=O) groups is 2. The fourth-order valence-corrected chi connectivity index (χ4v) is 4.15. The van der Waals surface area contributed by atoms with Crippen LogP contribution in [0, 0.1) is 5.92 Å². The van der Waals surface area contributed by atoms with Gasteiger partial charge in [-0.05, 0) is 30.2 Å². The summed E-state index contributed by atoms with van der Waals surface area (Å²) in [4.78, 5) is 27.8. The lowest BCUT2D eigenvalue weighted by Gasteiger charge is -2.32. The summed E-state index contributed by atoms with van der Waals surface area (Å²) in [6.45, 7) is 1.88. The van der Waals surface area contributed by atoms with E-state index in [1.807, 2.05) is 52.7 Å². The van der Waals surface area contributed by atoms with E-state index < -0.39 is 0 Å². The van der Waals surface area contributed by atoms with Gasteiger partial charge in [-0.25, -0.2) is 0 Å². The number of carbonyl (C=O) groups excluding carboxylic acids is 2. The van der Waals surface area contributed by atoms with Crippen LogP contribution in [0.3, 0.4) is 0 Å². The number of amides is 2. The van der Waals surface area contributed by atoms with Crippen LogP contribution in [0.25, 0.3) is 11.3 Å². The van der Waals surface area contributed by atoms with E-state index in [-0.39, 0.29) is 17.7 Å². The van der Waals surface area contributed by atoms with E-state index in [1.165, 1.54) is 17.5 Å². The number of hydrogen-bond donors (Lipinski definition) is 1. The number of rotatable bonds is 5. The minimum absolute atomic E-state index is 0.0520. The molecule has 0 unspecified atom stereocenters. The van der Waals surface area contributed by atoms with E-state index in [4.69, 9.17) is 4.52 Å². The lowest BCUT2D eigenvalue weighted by Crippen LogP contribution is -2.43. The van der Waals surface area contributed by atoms with Crippen molar-refractivity contribution < 1.29 is 14.1 Å². The van der Waals surface area contributed by atoms with Crippen LogP contribution in [0.1, 0.15) is 32.9 Å². The maximum atomic E-state index is 13.1. The molecular formula is C21H21N3O3S. The summed E-state index contributed by atoms with van der Waals surface area (Å²) < 4.78 is 5.36. The summed E-state index contributed by atoms with van der Waals surface area (Å²) in [6, 6.07) is 13.2. The zero-order chi connectivity index (χ0) is 19.3. The highest BCUT2D eigenvalue weighted by Crippen LogP contribution is 2.26. The van der Waals surface area contributed by atoms with Crippen LogP contribution < -0.4 is 5.32 Å². The van der Waals surface area contributed by atoms with Gasteiger partial charge >= 0.3 is 0 Å². The first-order valence-corrected chi connectivity index (χ1v) is 10.2. The van der Waals surface area contributed by atoms with Gasteiger partial charge in [-0.1, -0.05) is 41.6 Å². The van der Waals surface area contributed by atoms with Crippen molar-refractivity contribution in [2.24, 2.45) is 5.92 Å². The van der Waals surface area contributed by atoms with Crippen molar-refractivity contribution in [1.29, 1.82) is 0 Å². The first kappa shape index (κ1) is 18.4. The molecule has 3 aromatic rings. The molecule has 0 saturated carbocycles. The summed E-state index contributed by atoms with van der Waals surface area (Å²) in [7, 11) is 0. The number of hydrogen-bond acceptors (Lipinski definition) is 5. The molecule has 1 aliphatic rings. The molecular weight excluding hydrogens is 374 g/mol. The number of nitrogens with zero attached hydrogens (tertiary/aromatic N) is 2. The van der Waals surface area contributed by atoms with Gasteiger partial charge in [0.25, 0.3) is 11.8 Å². The number of benzene rings is 1. The van der Waals surface area contributed by atoms with Crippen molar-refractivity contribution in [3.8, 4) is 11.3 Å². The monoisotopic (exact) mass is 395 g/mol. The van der Waals surface area contributed by atoms with Gasteiger partial charge in [0.15, 0.2) is 5.76 Å². The first-order valence-electron chi connectivity index (χ1n) is 9.33. The molecule has 0 bridgehead atoms. The lowest BCUT2D eigenvalue weighted by atomic mass is 9.97. The molecule has 4 rings (SSSR count). The molecule has 1 N–H and O–H groups in total. The molecule has 0 spiro atoms. The predicted octanol–water partition coefficient (Wildman–Crippen LogP) is 3.69. The van der Waals surface area contributed by atoms with E-state index in [9.17, 15) is 9.59 Å². The zero-order valence-corrected chi connectivity index (χ0v) is 16.2. The maximum Gasteiger partial charge on any atom is 0.261 e. The van der Waals surface area contributed by atoms with E-state index in [1.54, 1.807) is 0 Å². The Morgan fingerprint density at radius 3 is 2.86 bits per heavy atom. The van der Waals surface area contributed by atoms with Crippen molar-refractivity contribution in [1.82, 2.24) is 15.4 Å². The second-order valence-electron chi connectivity index (χ2n) is 6.88. The molecule has 6 nitrogen and oxygen atoms in total. The van der Waals surface area contributed by atoms with Crippen LogP contribution in [-0.4, -0.2) is 41.5 Å². The highest BCUT2D eigenvalue weighted by molar-refractivity contribution is 7.12. The highest BCUT2D eigenvalue weighted by atomic mass is 32.1. The van der Waals surface area contributed by atoms with Gasteiger partial charge in [0.05, 0.1) is 11.1 Å². The van der Waals surface area contributed by atoms with Crippen molar-refractivity contribution in [2.75, 3.05) is 19.6 Å². The minimum Gasteiger partial charge on any atom is -0.355 e. The first-order chi connectivity index (χ1) is 13.7. The minimum atomic E-state index is -0.0746. The molecule has 0 radical (unpaired) electrons. The summed E-state index contributed by atoms with van der Waals surface area (Å²) in [6.07, 6.45) is 3.40. The zero-order valence-electron chi connectivity index (χ0n) is 15.3. The number of piperidine rings is 1. The Kier molecular flexibility index (Phi) is 5.53. The molecule has 1 atom stereocenters. The Morgan fingerprint density at radius 2 is 2.07 bits per heavy atom. The summed E-state index contributed by atoms with van der Waals surface area (Å²) in [5.74, 6) is 0.610. The maximum absolute atomic E-state index is 13.1. The SMILES string of the molecule is O=C(NC[C@@H]1CCCN(C(=O)c2cnoc2-c2ccccc2)C1)c1cccs1. The van der Waals surface area contributed by atoms with E-state index in [0.717, 1.165) is 18.4 Å². The fourth-order valence-electron chi connectivity index (χ4n) is 3.51. The fraction of sp³-hybridized carbons (Fsp3) is 0.286. The van der Waals surface area contributed by atoms with Crippen LogP contribution in [0.15, 0.2) is 58.6 Å². The Morgan fingerprint density at radius 1 is 1.21 bits per heavy atom. The second kappa shape index (κ2) is 8.39. The third-order valence-corrected chi connectivity index (χ3v) is 5.81. The summed E-state index contributed by atoms with van der Waals surface area (Å²) >= 11 is 1.43. The van der Waals surface area contributed by atoms with Crippen molar-refractivity contribution >= 4 is 23.2 Å². The van der Waals surface area contributed by atoms with Crippen LogP contribution in [0.4, 0.5) is 0 Å². The van der Waals surface area contributed by atoms with Crippen molar-refractivity contribution in [3.63, 3.8) is 0 Å². The van der Waals surface area contributed by atoms with E-state index in [0.29, 0.717) is 35.8 Å². The molecule has 28 heavy (non-hydrogen) atoms. The van der Waals surface area contributed by atoms with Gasteiger partial charge in [-0.3, -0.25) is 9.59 Å². The highest BCUT2D eigenvalue weighted by Gasteiger charge is 2.28. The third-order valence-electron chi connectivity index (χ3n) is 4.94. The van der Waals surface area contributed by atoms with E-state index >= 15 is 0 Å². The summed E-state index contributed by atoms with van der Waals surface area (Å²) in [5, 5.41) is 8.72. The van der Waals surface area contributed by atoms with Gasteiger partial charge in [-0.15, -0.1) is 11.3 Å². The van der Waals surface area contributed by atoms with Crippen LogP contribution in [-0.2, 0) is 0 Å². The van der Waals surface area contributed by atoms with Crippen LogP contribution in [0.2, 0.25) is 0 Å². The lowest BCUT2D eigenvalue weighted by molar-refractivity contribution is 0.0671. The van der Waals surface area contributed by atoms with Gasteiger partial charge in [0.1, 0.15) is 5.56 Å². The van der Waals surface area contributed by atoms with Crippen molar-refractivity contribution in [2.45, 2.75) is 12.8 Å². The largest absolute Gasteiger partial charge is 0.355 e. The molecule has 2 amide bonds. The molecule has 1 fully saturated rings. The Hall–Kier alpha value is -2.93. The van der Waals surface area contributed by atoms with E-state index in [2.05, 4.69) is 10.5 Å². The van der Waals surface area contributed by atoms with Crippen molar-refractivity contribution in [3.05, 3.63) is 64.5 Å². The van der Waals surface area contributed by atoms with Gasteiger partial charge in [0, 0.05) is 25.2 Å². The Bertz CT molecular complexity index is 937. The molecule has 1 aromatic carbocycles. The number of nitrogens with one attached hydrogen (secondary N) is 1. The standard InChI is InChI=1S/C21H21N3O3S/c25-20(18-9-5-11-28-18)22-12-15-6-4-10-24(14-15)21(26)17-13-23-27-19(17)16-7-2-1-3-8-16/h1-3,5,7-9,11,13,15H,4,6,10,12,14H2,(H,22,25)/t15-/m0/s1. The molecule has 7 heteroatoms. The average molecular weight is 395 g/mol. The Labute approximate surface area is 167 Å². The second-order valence-corrected chi connectivity index (χ2v) is 7.83. The smallest absolute Gasteiger partial charge is 0.261 e. The molecule has 144 valence electrons. The number of aromatic nitrogens is 1. The molecule has 1 aliphatic heterocycles. The topological polar surface area (TPSA) is 75.4 Å². The number of likely N-dealkylation sites (tertiary alicyclic amines) is 1. The van der Waals surface area contributed by atoms with Gasteiger partial charge < -0.3 is 14.7 Å². The van der Waals surface area contributed by atoms with Crippen LogP contribution in [0.5, 0.6) is 0 Å². The molecule has 0 aliphatic carbocycles. The molecule has 2 aromatic heterocycles. The number of thiophene rings is 1. The third kappa shape index (κ3) is 3.99. The van der Waals surface area contributed by atoms with Gasteiger partial charge in [-0.2, -0.15) is 0 Å². The average Bonchev–Trinajstić information content (AvgIpc) is 3.44.